The standard InChI is InChI=1S/C21H23N3O3S/c1-13(25)22-11-16-9-10-18(27-16)17-12-28-20(23-17)24-19(26)14-5-7-15(8-6-14)21(2,3)4/h5-10,12H,11H2,1-4H3,(H,22,25)(H,23,24,26). The van der Waals surface area contributed by atoms with Gasteiger partial charge in [-0.2, -0.15) is 0 Å². The second-order valence-corrected chi connectivity index (χ2v) is 8.35. The highest BCUT2D eigenvalue weighted by molar-refractivity contribution is 7.14. The van der Waals surface area contributed by atoms with Crippen LogP contribution in [0.25, 0.3) is 11.5 Å². The number of carbonyl (C=O) groups is 2. The van der Waals surface area contributed by atoms with Gasteiger partial charge in [-0.1, -0.05) is 32.9 Å². The predicted molar refractivity (Wildman–Crippen MR) is 110 cm³/mol. The van der Waals surface area contributed by atoms with Gasteiger partial charge in [0.1, 0.15) is 11.5 Å². The molecule has 0 fully saturated rings. The fourth-order valence-corrected chi connectivity index (χ4v) is 3.25. The van der Waals surface area contributed by atoms with Crippen LogP contribution in [0.1, 0.15) is 49.4 Å². The van der Waals surface area contributed by atoms with Crippen molar-refractivity contribution < 1.29 is 14.0 Å². The molecule has 3 aromatic rings. The summed E-state index contributed by atoms with van der Waals surface area (Å²) in [5, 5.41) is 7.82. The molecule has 2 heterocycles. The fraction of sp³-hybridized carbons (Fsp3) is 0.286. The first-order chi connectivity index (χ1) is 13.2. The summed E-state index contributed by atoms with van der Waals surface area (Å²) in [5.41, 5.74) is 2.44. The lowest BCUT2D eigenvalue weighted by Gasteiger charge is -2.18. The smallest absolute Gasteiger partial charge is 0.257 e. The minimum Gasteiger partial charge on any atom is -0.458 e. The van der Waals surface area contributed by atoms with Gasteiger partial charge in [-0.05, 0) is 35.2 Å². The van der Waals surface area contributed by atoms with Crippen molar-refractivity contribution in [1.82, 2.24) is 10.3 Å². The van der Waals surface area contributed by atoms with Crippen molar-refractivity contribution in [3.63, 3.8) is 0 Å². The molecule has 0 aliphatic rings. The molecule has 7 heteroatoms. The lowest BCUT2D eigenvalue weighted by Crippen LogP contribution is -2.18. The quantitative estimate of drug-likeness (QED) is 0.659. The molecule has 0 spiro atoms. The summed E-state index contributed by atoms with van der Waals surface area (Å²) in [6.45, 7) is 8.18. The molecule has 2 N–H and O–H groups in total. The van der Waals surface area contributed by atoms with Crippen molar-refractivity contribution >= 4 is 28.3 Å². The number of hydrogen-bond acceptors (Lipinski definition) is 5. The number of aromatic nitrogens is 1. The average molecular weight is 398 g/mol. The van der Waals surface area contributed by atoms with Crippen LogP contribution in [0.15, 0.2) is 46.2 Å². The maximum atomic E-state index is 12.5. The molecule has 0 atom stereocenters. The van der Waals surface area contributed by atoms with E-state index in [0.717, 1.165) is 0 Å². The minimum absolute atomic E-state index is 0.0427. The number of carbonyl (C=O) groups excluding carboxylic acids is 2. The molecule has 0 aliphatic carbocycles. The van der Waals surface area contributed by atoms with E-state index >= 15 is 0 Å². The largest absolute Gasteiger partial charge is 0.458 e. The molecule has 0 saturated carbocycles. The highest BCUT2D eigenvalue weighted by Gasteiger charge is 2.15. The lowest BCUT2D eigenvalue weighted by atomic mass is 9.87. The Morgan fingerprint density at radius 3 is 2.46 bits per heavy atom. The van der Waals surface area contributed by atoms with Crippen LogP contribution in [0, 0.1) is 0 Å². The van der Waals surface area contributed by atoms with Gasteiger partial charge >= 0.3 is 0 Å². The molecule has 0 aliphatic heterocycles. The first-order valence-corrected chi connectivity index (χ1v) is 9.81. The second kappa shape index (κ2) is 7.98. The maximum Gasteiger partial charge on any atom is 0.257 e. The molecular weight excluding hydrogens is 374 g/mol. The molecule has 0 unspecified atom stereocenters. The van der Waals surface area contributed by atoms with Crippen LogP contribution >= 0.6 is 11.3 Å². The summed E-state index contributed by atoms with van der Waals surface area (Å²) in [5.74, 6) is 0.911. The van der Waals surface area contributed by atoms with E-state index in [1.807, 2.05) is 29.6 Å². The summed E-state index contributed by atoms with van der Waals surface area (Å²) in [6.07, 6.45) is 0. The number of hydrogen-bond donors (Lipinski definition) is 2. The van der Waals surface area contributed by atoms with Crippen LogP contribution in [0.4, 0.5) is 5.13 Å². The Bertz CT molecular complexity index is 981. The predicted octanol–water partition coefficient (Wildman–Crippen LogP) is 4.59. The van der Waals surface area contributed by atoms with Crippen molar-refractivity contribution in [2.75, 3.05) is 5.32 Å². The highest BCUT2D eigenvalue weighted by atomic mass is 32.1. The fourth-order valence-electron chi connectivity index (χ4n) is 2.56. The molecule has 146 valence electrons. The number of rotatable bonds is 5. The number of amides is 2. The van der Waals surface area contributed by atoms with Gasteiger partial charge in [0, 0.05) is 17.9 Å². The van der Waals surface area contributed by atoms with Gasteiger partial charge in [0.05, 0.1) is 6.54 Å². The summed E-state index contributed by atoms with van der Waals surface area (Å²) in [7, 11) is 0. The Morgan fingerprint density at radius 1 is 1.11 bits per heavy atom. The van der Waals surface area contributed by atoms with E-state index in [-0.39, 0.29) is 17.2 Å². The van der Waals surface area contributed by atoms with E-state index < -0.39 is 0 Å². The summed E-state index contributed by atoms with van der Waals surface area (Å²) in [4.78, 5) is 27.9. The number of anilines is 1. The van der Waals surface area contributed by atoms with Crippen molar-refractivity contribution in [3.05, 3.63) is 58.7 Å². The normalized spacial score (nSPS) is 11.3. The molecule has 3 rings (SSSR count). The molecule has 28 heavy (non-hydrogen) atoms. The highest BCUT2D eigenvalue weighted by Crippen LogP contribution is 2.27. The van der Waals surface area contributed by atoms with E-state index in [9.17, 15) is 9.59 Å². The first-order valence-electron chi connectivity index (χ1n) is 8.93. The zero-order valence-corrected chi connectivity index (χ0v) is 17.1. The zero-order chi connectivity index (χ0) is 20.3. The van der Waals surface area contributed by atoms with Crippen LogP contribution in [0.2, 0.25) is 0 Å². The number of thiazole rings is 1. The van der Waals surface area contributed by atoms with Crippen molar-refractivity contribution in [1.29, 1.82) is 0 Å². The van der Waals surface area contributed by atoms with E-state index in [2.05, 4.69) is 36.4 Å². The Morgan fingerprint density at radius 2 is 1.82 bits per heavy atom. The molecule has 0 bridgehead atoms. The Hall–Kier alpha value is -2.93. The van der Waals surface area contributed by atoms with Crippen LogP contribution in [-0.2, 0) is 16.8 Å². The van der Waals surface area contributed by atoms with Crippen LogP contribution in [0.3, 0.4) is 0 Å². The monoisotopic (exact) mass is 397 g/mol. The molecule has 2 aromatic heterocycles. The molecule has 1 aromatic carbocycles. The van der Waals surface area contributed by atoms with Gasteiger partial charge in [-0.25, -0.2) is 4.98 Å². The Labute approximate surface area is 168 Å². The maximum absolute atomic E-state index is 12.5. The Balaban J connectivity index is 1.66. The Kier molecular flexibility index (Phi) is 5.65. The SMILES string of the molecule is CC(=O)NCc1ccc(-c2csc(NC(=O)c3ccc(C(C)(C)C)cc3)n2)o1. The van der Waals surface area contributed by atoms with Gasteiger partial charge in [0.15, 0.2) is 10.9 Å². The second-order valence-electron chi connectivity index (χ2n) is 7.50. The van der Waals surface area contributed by atoms with Crippen molar-refractivity contribution in [3.8, 4) is 11.5 Å². The summed E-state index contributed by atoms with van der Waals surface area (Å²) < 4.78 is 5.68. The van der Waals surface area contributed by atoms with Crippen LogP contribution in [0.5, 0.6) is 0 Å². The number of nitrogens with zero attached hydrogens (tertiary/aromatic N) is 1. The van der Waals surface area contributed by atoms with Gasteiger partial charge in [0.25, 0.3) is 5.91 Å². The number of benzene rings is 1. The van der Waals surface area contributed by atoms with Crippen LogP contribution in [-0.4, -0.2) is 16.8 Å². The van der Waals surface area contributed by atoms with E-state index in [4.69, 9.17) is 4.42 Å². The van der Waals surface area contributed by atoms with Crippen LogP contribution < -0.4 is 10.6 Å². The molecule has 6 nitrogen and oxygen atoms in total. The third-order valence-electron chi connectivity index (χ3n) is 4.16. The minimum atomic E-state index is -0.202. The van der Waals surface area contributed by atoms with Gasteiger partial charge in [-0.15, -0.1) is 11.3 Å². The first kappa shape index (κ1) is 19.8. The van der Waals surface area contributed by atoms with Gasteiger partial charge in [-0.3, -0.25) is 14.9 Å². The van der Waals surface area contributed by atoms with Gasteiger partial charge in [0.2, 0.25) is 5.91 Å². The number of furan rings is 1. The lowest BCUT2D eigenvalue weighted by molar-refractivity contribution is -0.119. The molecule has 2 amide bonds. The molecule has 0 saturated heterocycles. The van der Waals surface area contributed by atoms with E-state index in [0.29, 0.717) is 34.5 Å². The molecule has 0 radical (unpaired) electrons. The third kappa shape index (κ3) is 4.86. The van der Waals surface area contributed by atoms with Gasteiger partial charge < -0.3 is 9.73 Å². The van der Waals surface area contributed by atoms with E-state index in [1.165, 1.54) is 23.8 Å². The topological polar surface area (TPSA) is 84.2 Å². The average Bonchev–Trinajstić information content (AvgIpc) is 3.28. The van der Waals surface area contributed by atoms with Crippen molar-refractivity contribution in [2.45, 2.75) is 39.7 Å². The van der Waals surface area contributed by atoms with Crippen molar-refractivity contribution in [2.24, 2.45) is 0 Å². The third-order valence-corrected chi connectivity index (χ3v) is 4.92. The summed E-state index contributed by atoms with van der Waals surface area (Å²) in [6, 6.07) is 11.2. The number of nitrogens with one attached hydrogen (secondary N) is 2. The molecular formula is C21H23N3O3S. The summed E-state index contributed by atoms with van der Waals surface area (Å²) >= 11 is 1.33. The van der Waals surface area contributed by atoms with E-state index in [1.54, 1.807) is 12.1 Å². The zero-order valence-electron chi connectivity index (χ0n) is 16.3.